The molecule has 0 saturated carbocycles. The summed E-state index contributed by atoms with van der Waals surface area (Å²) < 4.78 is 10.4. The quantitative estimate of drug-likeness (QED) is 0.656. The number of carbonyl (C=O) groups excluding carboxylic acids is 2. The first-order chi connectivity index (χ1) is 7.02. The van der Waals surface area contributed by atoms with Crippen molar-refractivity contribution in [3.8, 4) is 0 Å². The van der Waals surface area contributed by atoms with E-state index in [0.717, 1.165) is 0 Å². The van der Waals surface area contributed by atoms with Gasteiger partial charge in [-0.05, 0) is 6.92 Å². The fourth-order valence-electron chi connectivity index (χ4n) is 2.06. The monoisotopic (exact) mass is 215 g/mol. The first-order valence-corrected chi connectivity index (χ1v) is 4.86. The smallest absolute Gasteiger partial charge is 0.220 e. The molecular weight excluding hydrogens is 198 g/mol. The van der Waals surface area contributed by atoms with Crippen molar-refractivity contribution < 1.29 is 19.1 Å². The molecule has 0 aromatic rings. The van der Waals surface area contributed by atoms with E-state index in [4.69, 9.17) is 9.47 Å². The third kappa shape index (κ3) is 2.18. The maximum Gasteiger partial charge on any atom is 0.220 e. The third-order valence-corrected chi connectivity index (χ3v) is 2.79. The van der Waals surface area contributed by atoms with Crippen LogP contribution < -0.4 is 0 Å². The van der Waals surface area contributed by atoms with Gasteiger partial charge < -0.3 is 14.4 Å². The van der Waals surface area contributed by atoms with Gasteiger partial charge in [-0.2, -0.15) is 0 Å². The lowest BCUT2D eigenvalue weighted by Crippen LogP contribution is -2.44. The highest BCUT2D eigenvalue weighted by Gasteiger charge is 2.45. The largest absolute Gasteiger partial charge is 0.377 e. The molecule has 1 aliphatic heterocycles. The van der Waals surface area contributed by atoms with Crippen molar-refractivity contribution in [2.75, 3.05) is 20.8 Å². The number of ketones is 1. The van der Waals surface area contributed by atoms with Crippen molar-refractivity contribution in [2.24, 2.45) is 0 Å². The first kappa shape index (κ1) is 12.1. The Morgan fingerprint density at radius 1 is 1.20 bits per heavy atom. The average Bonchev–Trinajstić information content (AvgIpc) is 2.55. The molecular formula is C10H17NO4. The zero-order chi connectivity index (χ0) is 11.6. The van der Waals surface area contributed by atoms with E-state index < -0.39 is 6.04 Å². The molecule has 0 bridgehead atoms. The van der Waals surface area contributed by atoms with Crippen LogP contribution in [0.25, 0.3) is 0 Å². The van der Waals surface area contributed by atoms with E-state index >= 15 is 0 Å². The van der Waals surface area contributed by atoms with E-state index in [1.807, 2.05) is 0 Å². The normalized spacial score (nSPS) is 30.7. The molecule has 1 rings (SSSR count). The van der Waals surface area contributed by atoms with E-state index in [9.17, 15) is 9.59 Å². The van der Waals surface area contributed by atoms with Gasteiger partial charge >= 0.3 is 0 Å². The van der Waals surface area contributed by atoms with Crippen molar-refractivity contribution in [3.63, 3.8) is 0 Å². The molecule has 0 unspecified atom stereocenters. The second kappa shape index (κ2) is 4.72. The highest BCUT2D eigenvalue weighted by molar-refractivity contribution is 5.88. The Labute approximate surface area is 89.3 Å². The molecule has 1 saturated heterocycles. The van der Waals surface area contributed by atoms with Crippen LogP contribution in [0.5, 0.6) is 0 Å². The molecule has 15 heavy (non-hydrogen) atoms. The molecule has 0 aliphatic carbocycles. The minimum absolute atomic E-state index is 0.0726. The van der Waals surface area contributed by atoms with Gasteiger partial charge in [-0.1, -0.05) is 0 Å². The van der Waals surface area contributed by atoms with E-state index in [2.05, 4.69) is 0 Å². The molecule has 0 N–H and O–H groups in total. The average molecular weight is 215 g/mol. The first-order valence-electron chi connectivity index (χ1n) is 4.86. The molecule has 0 radical (unpaired) electrons. The predicted molar refractivity (Wildman–Crippen MR) is 53.5 cm³/mol. The molecule has 3 atom stereocenters. The Morgan fingerprint density at radius 3 is 2.13 bits per heavy atom. The minimum Gasteiger partial charge on any atom is -0.377 e. The molecule has 1 fully saturated rings. The molecule has 0 aromatic heterocycles. The standard InChI is InChI=1S/C10H17NO4/c1-6(12)9-10(15-4)8(14-3)5-11(9)7(2)13/h8-10H,5H2,1-4H3/t8-,9+,10-/m0/s1. The molecule has 1 amide bonds. The van der Waals surface area contributed by atoms with Crippen molar-refractivity contribution in [3.05, 3.63) is 0 Å². The number of nitrogens with zero attached hydrogens (tertiary/aromatic N) is 1. The van der Waals surface area contributed by atoms with Gasteiger partial charge in [-0.3, -0.25) is 9.59 Å². The number of carbonyl (C=O) groups is 2. The Balaban J connectivity index is 2.93. The summed E-state index contributed by atoms with van der Waals surface area (Å²) in [5, 5.41) is 0. The topological polar surface area (TPSA) is 55.8 Å². The number of Topliss-reactive ketones (excluding diaryl/α,β-unsaturated/α-hetero) is 1. The van der Waals surface area contributed by atoms with Gasteiger partial charge in [-0.15, -0.1) is 0 Å². The van der Waals surface area contributed by atoms with Crippen LogP contribution in [0, 0.1) is 0 Å². The zero-order valence-electron chi connectivity index (χ0n) is 9.52. The third-order valence-electron chi connectivity index (χ3n) is 2.79. The molecule has 0 spiro atoms. The zero-order valence-corrected chi connectivity index (χ0v) is 9.52. The summed E-state index contributed by atoms with van der Waals surface area (Å²) in [6.45, 7) is 3.32. The van der Waals surface area contributed by atoms with Crippen molar-refractivity contribution in [1.29, 1.82) is 0 Å². The van der Waals surface area contributed by atoms with Crippen LogP contribution in [0.3, 0.4) is 0 Å². The van der Waals surface area contributed by atoms with Crippen molar-refractivity contribution >= 4 is 11.7 Å². The highest BCUT2D eigenvalue weighted by atomic mass is 16.5. The number of hydrogen-bond donors (Lipinski definition) is 0. The Hall–Kier alpha value is -0.940. The summed E-state index contributed by atoms with van der Waals surface area (Å²) >= 11 is 0. The molecule has 1 aliphatic rings. The van der Waals surface area contributed by atoms with E-state index in [1.54, 1.807) is 7.11 Å². The number of ether oxygens (including phenoxy) is 2. The van der Waals surface area contributed by atoms with Crippen LogP contribution in [0.1, 0.15) is 13.8 Å². The Bertz CT molecular complexity index is 266. The summed E-state index contributed by atoms with van der Waals surface area (Å²) in [6, 6.07) is -0.516. The van der Waals surface area contributed by atoms with Crippen LogP contribution in [-0.4, -0.2) is 55.6 Å². The van der Waals surface area contributed by atoms with Crippen molar-refractivity contribution in [2.45, 2.75) is 32.1 Å². The summed E-state index contributed by atoms with van der Waals surface area (Å²) in [6.07, 6.45) is -0.593. The summed E-state index contributed by atoms with van der Waals surface area (Å²) in [5.74, 6) is -0.201. The second-order valence-corrected chi connectivity index (χ2v) is 3.70. The van der Waals surface area contributed by atoms with E-state index in [1.165, 1.54) is 25.9 Å². The molecule has 0 aromatic carbocycles. The van der Waals surface area contributed by atoms with Crippen LogP contribution in [0.4, 0.5) is 0 Å². The summed E-state index contributed by atoms with van der Waals surface area (Å²) in [5.41, 5.74) is 0. The van der Waals surface area contributed by atoms with E-state index in [0.29, 0.717) is 6.54 Å². The molecule has 1 heterocycles. The molecule has 5 heteroatoms. The van der Waals surface area contributed by atoms with Gasteiger partial charge in [0.2, 0.25) is 5.91 Å². The van der Waals surface area contributed by atoms with Gasteiger partial charge in [-0.25, -0.2) is 0 Å². The minimum atomic E-state index is -0.516. The lowest BCUT2D eigenvalue weighted by molar-refractivity contribution is -0.137. The maximum atomic E-state index is 11.5. The second-order valence-electron chi connectivity index (χ2n) is 3.70. The fraction of sp³-hybridized carbons (Fsp3) is 0.800. The predicted octanol–water partition coefficient (Wildman–Crippen LogP) is -0.164. The number of likely N-dealkylation sites (tertiary alicyclic amines) is 1. The van der Waals surface area contributed by atoms with Gasteiger partial charge in [0.15, 0.2) is 5.78 Å². The lowest BCUT2D eigenvalue weighted by atomic mass is 10.1. The van der Waals surface area contributed by atoms with Gasteiger partial charge in [0.25, 0.3) is 0 Å². The van der Waals surface area contributed by atoms with Gasteiger partial charge in [0.1, 0.15) is 18.2 Å². The van der Waals surface area contributed by atoms with Gasteiger partial charge in [0, 0.05) is 21.1 Å². The number of methoxy groups -OCH3 is 2. The number of hydrogen-bond acceptors (Lipinski definition) is 4. The molecule has 86 valence electrons. The van der Waals surface area contributed by atoms with Crippen LogP contribution in [-0.2, 0) is 19.1 Å². The van der Waals surface area contributed by atoms with Crippen molar-refractivity contribution in [1.82, 2.24) is 4.90 Å². The lowest BCUT2D eigenvalue weighted by Gasteiger charge is -2.23. The van der Waals surface area contributed by atoms with E-state index in [-0.39, 0.29) is 23.9 Å². The SMILES string of the molecule is CO[C@H]1[C@@H](OC)CN(C(C)=O)[C@@H]1C(C)=O. The van der Waals surface area contributed by atoms with Crippen LogP contribution in [0.2, 0.25) is 0 Å². The number of amides is 1. The number of rotatable bonds is 3. The van der Waals surface area contributed by atoms with Crippen LogP contribution >= 0.6 is 0 Å². The Morgan fingerprint density at radius 2 is 1.80 bits per heavy atom. The van der Waals surface area contributed by atoms with Crippen LogP contribution in [0.15, 0.2) is 0 Å². The Kier molecular flexibility index (Phi) is 3.82. The fourth-order valence-corrected chi connectivity index (χ4v) is 2.06. The highest BCUT2D eigenvalue weighted by Crippen LogP contribution is 2.23. The maximum absolute atomic E-state index is 11.5. The summed E-state index contributed by atoms with van der Waals surface area (Å²) in [4.78, 5) is 24.3. The van der Waals surface area contributed by atoms with Gasteiger partial charge in [0.05, 0.1) is 6.54 Å². The molecule has 5 nitrogen and oxygen atoms in total. The summed E-state index contributed by atoms with van der Waals surface area (Å²) in [7, 11) is 3.08.